The molecular formula is C20H20ClN3O4S2. The van der Waals surface area contributed by atoms with E-state index in [0.717, 1.165) is 15.3 Å². The van der Waals surface area contributed by atoms with E-state index in [1.807, 2.05) is 18.2 Å². The van der Waals surface area contributed by atoms with Gasteiger partial charge in [0.05, 0.1) is 22.2 Å². The second kappa shape index (κ2) is 8.41. The molecule has 0 atom stereocenters. The van der Waals surface area contributed by atoms with Gasteiger partial charge in [-0.15, -0.1) is 0 Å². The van der Waals surface area contributed by atoms with Crippen molar-refractivity contribution in [2.45, 2.75) is 4.90 Å². The van der Waals surface area contributed by atoms with E-state index in [2.05, 4.69) is 9.88 Å². The van der Waals surface area contributed by atoms with Gasteiger partial charge in [-0.2, -0.15) is 0 Å². The summed E-state index contributed by atoms with van der Waals surface area (Å²) in [6, 6.07) is 11.6. The van der Waals surface area contributed by atoms with Gasteiger partial charge in [0.1, 0.15) is 11.5 Å². The minimum atomic E-state index is -3.70. The first-order valence-electron chi connectivity index (χ1n) is 9.31. The van der Waals surface area contributed by atoms with Crippen molar-refractivity contribution in [1.82, 2.24) is 9.88 Å². The first-order valence-corrected chi connectivity index (χ1v) is 12.2. The SMILES string of the molecule is COc1ccc(S(=O)(=O)CC(=O)N2CCN(c3nc4ccc(Cl)cc4s3)CC2)cc1. The van der Waals surface area contributed by atoms with Crippen LogP contribution in [0.15, 0.2) is 47.4 Å². The number of fused-ring (bicyclic) bond motifs is 1. The number of halogens is 1. The Balaban J connectivity index is 1.38. The number of carbonyl (C=O) groups is 1. The molecule has 1 aliphatic rings. The smallest absolute Gasteiger partial charge is 0.238 e. The number of hydrogen-bond donors (Lipinski definition) is 0. The Hall–Kier alpha value is -2.36. The van der Waals surface area contributed by atoms with E-state index in [1.54, 1.807) is 28.4 Å². The molecule has 7 nitrogen and oxygen atoms in total. The summed E-state index contributed by atoms with van der Waals surface area (Å²) in [6.45, 7) is 2.10. The lowest BCUT2D eigenvalue weighted by molar-refractivity contribution is -0.128. The van der Waals surface area contributed by atoms with E-state index in [9.17, 15) is 13.2 Å². The van der Waals surface area contributed by atoms with Crippen molar-refractivity contribution in [3.63, 3.8) is 0 Å². The van der Waals surface area contributed by atoms with Crippen LogP contribution in [0.2, 0.25) is 5.02 Å². The van der Waals surface area contributed by atoms with Crippen molar-refractivity contribution in [3.8, 4) is 5.75 Å². The van der Waals surface area contributed by atoms with Crippen LogP contribution in [0.5, 0.6) is 5.75 Å². The molecule has 1 aromatic heterocycles. The summed E-state index contributed by atoms with van der Waals surface area (Å²) in [4.78, 5) is 21.1. The minimum absolute atomic E-state index is 0.114. The summed E-state index contributed by atoms with van der Waals surface area (Å²) in [5.41, 5.74) is 0.892. The van der Waals surface area contributed by atoms with Gasteiger partial charge in [0.25, 0.3) is 0 Å². The number of benzene rings is 2. The van der Waals surface area contributed by atoms with Crippen molar-refractivity contribution >= 4 is 54.0 Å². The molecule has 1 saturated heterocycles. The van der Waals surface area contributed by atoms with Crippen LogP contribution in [-0.4, -0.2) is 63.3 Å². The third kappa shape index (κ3) is 4.38. The third-order valence-electron chi connectivity index (χ3n) is 4.97. The van der Waals surface area contributed by atoms with Gasteiger partial charge in [-0.05, 0) is 42.5 Å². The predicted octanol–water partition coefficient (Wildman–Crippen LogP) is 3.08. The molecule has 158 valence electrons. The van der Waals surface area contributed by atoms with Crippen molar-refractivity contribution in [2.75, 3.05) is 43.9 Å². The maximum absolute atomic E-state index is 12.6. The van der Waals surface area contributed by atoms with Crippen LogP contribution in [0.25, 0.3) is 10.2 Å². The van der Waals surface area contributed by atoms with Gasteiger partial charge in [0.2, 0.25) is 5.91 Å². The molecule has 2 heterocycles. The average molecular weight is 466 g/mol. The highest BCUT2D eigenvalue weighted by Crippen LogP contribution is 2.31. The molecule has 2 aromatic carbocycles. The molecule has 10 heteroatoms. The summed E-state index contributed by atoms with van der Waals surface area (Å²) in [6.07, 6.45) is 0. The Labute approximate surface area is 183 Å². The zero-order chi connectivity index (χ0) is 21.3. The lowest BCUT2D eigenvalue weighted by Gasteiger charge is -2.34. The summed E-state index contributed by atoms with van der Waals surface area (Å²) in [7, 11) is -2.19. The lowest BCUT2D eigenvalue weighted by Crippen LogP contribution is -2.50. The van der Waals surface area contributed by atoms with Crippen molar-refractivity contribution in [3.05, 3.63) is 47.5 Å². The van der Waals surface area contributed by atoms with Gasteiger partial charge in [-0.1, -0.05) is 22.9 Å². The molecule has 0 bridgehead atoms. The van der Waals surface area contributed by atoms with Crippen LogP contribution in [0.3, 0.4) is 0 Å². The zero-order valence-corrected chi connectivity index (χ0v) is 18.6. The van der Waals surface area contributed by atoms with Crippen molar-refractivity contribution in [1.29, 1.82) is 0 Å². The molecule has 0 radical (unpaired) electrons. The number of ether oxygens (including phenoxy) is 1. The number of aromatic nitrogens is 1. The number of anilines is 1. The maximum atomic E-state index is 12.6. The molecule has 1 fully saturated rings. The fraction of sp³-hybridized carbons (Fsp3) is 0.300. The lowest BCUT2D eigenvalue weighted by atomic mass is 10.3. The van der Waals surface area contributed by atoms with Gasteiger partial charge in [0.15, 0.2) is 15.0 Å². The van der Waals surface area contributed by atoms with E-state index >= 15 is 0 Å². The van der Waals surface area contributed by atoms with Crippen LogP contribution < -0.4 is 9.64 Å². The van der Waals surface area contributed by atoms with E-state index in [1.165, 1.54) is 19.2 Å². The summed E-state index contributed by atoms with van der Waals surface area (Å²) in [5, 5.41) is 1.55. The fourth-order valence-electron chi connectivity index (χ4n) is 3.29. The average Bonchev–Trinajstić information content (AvgIpc) is 3.17. The molecule has 1 amide bonds. The monoisotopic (exact) mass is 465 g/mol. The van der Waals surface area contributed by atoms with Crippen LogP contribution >= 0.6 is 22.9 Å². The van der Waals surface area contributed by atoms with Crippen LogP contribution in [-0.2, 0) is 14.6 Å². The number of methoxy groups -OCH3 is 1. The standard InChI is InChI=1S/C20H20ClN3O4S2/c1-28-15-3-5-16(6-4-15)30(26,27)13-19(25)23-8-10-24(11-9-23)20-22-17-7-2-14(21)12-18(17)29-20/h2-7,12H,8-11,13H2,1H3. The Morgan fingerprint density at radius 1 is 1.13 bits per heavy atom. The molecule has 1 aliphatic heterocycles. The Morgan fingerprint density at radius 3 is 2.50 bits per heavy atom. The second-order valence-electron chi connectivity index (χ2n) is 6.91. The molecule has 0 aliphatic carbocycles. The van der Waals surface area contributed by atoms with E-state index in [-0.39, 0.29) is 10.8 Å². The number of piperazine rings is 1. The Morgan fingerprint density at radius 2 is 1.83 bits per heavy atom. The van der Waals surface area contributed by atoms with Gasteiger partial charge in [0, 0.05) is 31.2 Å². The number of sulfone groups is 1. The topological polar surface area (TPSA) is 79.8 Å². The zero-order valence-electron chi connectivity index (χ0n) is 16.2. The summed E-state index contributed by atoms with van der Waals surface area (Å²) < 4.78 is 31.2. The molecule has 0 N–H and O–H groups in total. The Kier molecular flexibility index (Phi) is 5.86. The third-order valence-corrected chi connectivity index (χ3v) is 7.91. The summed E-state index contributed by atoms with van der Waals surface area (Å²) >= 11 is 7.60. The van der Waals surface area contributed by atoms with Crippen molar-refractivity contribution in [2.24, 2.45) is 0 Å². The first-order chi connectivity index (χ1) is 14.4. The van der Waals surface area contributed by atoms with Gasteiger partial charge >= 0.3 is 0 Å². The largest absolute Gasteiger partial charge is 0.497 e. The fourth-order valence-corrected chi connectivity index (χ4v) is 5.81. The molecule has 0 saturated carbocycles. The Bertz CT molecular complexity index is 1170. The van der Waals surface area contributed by atoms with Crippen molar-refractivity contribution < 1.29 is 17.9 Å². The van der Waals surface area contributed by atoms with Gasteiger partial charge in [-0.3, -0.25) is 4.79 Å². The van der Waals surface area contributed by atoms with Crippen LogP contribution in [0.1, 0.15) is 0 Å². The van der Waals surface area contributed by atoms with Gasteiger partial charge in [-0.25, -0.2) is 13.4 Å². The van der Waals surface area contributed by atoms with Gasteiger partial charge < -0.3 is 14.5 Å². The number of hydrogen-bond acceptors (Lipinski definition) is 7. The summed E-state index contributed by atoms with van der Waals surface area (Å²) in [5.74, 6) is -0.367. The van der Waals surface area contributed by atoms with E-state index in [4.69, 9.17) is 16.3 Å². The van der Waals surface area contributed by atoms with Crippen LogP contribution in [0.4, 0.5) is 5.13 Å². The normalized spacial score (nSPS) is 14.9. The molecular weight excluding hydrogens is 446 g/mol. The quantitative estimate of drug-likeness (QED) is 0.576. The number of nitrogens with zero attached hydrogens (tertiary/aromatic N) is 3. The first kappa shape index (κ1) is 20.9. The molecule has 3 aromatic rings. The van der Waals surface area contributed by atoms with E-state index in [0.29, 0.717) is 37.0 Å². The maximum Gasteiger partial charge on any atom is 0.238 e. The predicted molar refractivity (Wildman–Crippen MR) is 118 cm³/mol. The number of amides is 1. The molecule has 4 rings (SSSR count). The number of rotatable bonds is 5. The molecule has 0 unspecified atom stereocenters. The highest BCUT2D eigenvalue weighted by molar-refractivity contribution is 7.92. The van der Waals surface area contributed by atoms with E-state index < -0.39 is 15.6 Å². The number of carbonyl (C=O) groups excluding carboxylic acids is 1. The highest BCUT2D eigenvalue weighted by Gasteiger charge is 2.27. The highest BCUT2D eigenvalue weighted by atomic mass is 35.5. The minimum Gasteiger partial charge on any atom is -0.497 e. The molecule has 30 heavy (non-hydrogen) atoms. The van der Waals surface area contributed by atoms with Crippen LogP contribution in [0, 0.1) is 0 Å². The molecule has 0 spiro atoms. The number of thiazole rings is 1. The second-order valence-corrected chi connectivity index (χ2v) is 10.3.